The molecule has 0 aromatic heterocycles. The first-order chi connectivity index (χ1) is 11.9. The highest BCUT2D eigenvalue weighted by Crippen LogP contribution is 2.36. The maximum absolute atomic E-state index is 13.2. The van der Waals surface area contributed by atoms with Crippen molar-refractivity contribution in [3.63, 3.8) is 0 Å². The summed E-state index contributed by atoms with van der Waals surface area (Å²) in [5, 5.41) is 11.2. The minimum absolute atomic E-state index is 0.0328. The topological polar surface area (TPSA) is 49.3 Å². The molecule has 2 aromatic carbocycles. The summed E-state index contributed by atoms with van der Waals surface area (Å²) in [6.07, 6.45) is -5.14. The lowest BCUT2D eigenvalue weighted by Gasteiger charge is -2.25. The summed E-state index contributed by atoms with van der Waals surface area (Å²) in [5.41, 5.74) is -3.66. The van der Waals surface area contributed by atoms with E-state index in [1.54, 1.807) is 0 Å². The highest BCUT2D eigenvalue weighted by atomic mass is 35.5. The number of aliphatic hydroxyl groups is 1. The first kappa shape index (κ1) is 20.8. The van der Waals surface area contributed by atoms with Crippen LogP contribution in [0.25, 0.3) is 0 Å². The van der Waals surface area contributed by atoms with Crippen LogP contribution in [0.5, 0.6) is 0 Å². The third kappa shape index (κ3) is 4.62. The largest absolute Gasteiger partial charge is 0.426 e. The monoisotopic (exact) mass is 427 g/mol. The Morgan fingerprint density at radius 2 is 1.62 bits per heavy atom. The van der Waals surface area contributed by atoms with Crippen LogP contribution < -0.4 is 5.32 Å². The van der Waals surface area contributed by atoms with Crippen LogP contribution in [0.1, 0.15) is 6.92 Å². The van der Waals surface area contributed by atoms with Gasteiger partial charge in [0.2, 0.25) is 5.60 Å². The quantitative estimate of drug-likeness (QED) is 0.630. The van der Waals surface area contributed by atoms with Gasteiger partial charge in [-0.3, -0.25) is 4.79 Å². The average Bonchev–Trinajstić information content (AvgIpc) is 2.52. The van der Waals surface area contributed by atoms with E-state index in [0.29, 0.717) is 16.7 Å². The number of nitrogens with one attached hydrogen (secondary N) is 1. The molecule has 2 N–H and O–H groups in total. The molecule has 0 aliphatic rings. The van der Waals surface area contributed by atoms with E-state index in [0.717, 1.165) is 0 Å². The van der Waals surface area contributed by atoms with Gasteiger partial charge < -0.3 is 10.4 Å². The lowest BCUT2D eigenvalue weighted by molar-refractivity contribution is -0.242. The van der Waals surface area contributed by atoms with E-state index in [9.17, 15) is 27.5 Å². The third-order valence-electron chi connectivity index (χ3n) is 3.31. The van der Waals surface area contributed by atoms with Gasteiger partial charge in [-0.1, -0.05) is 35.0 Å². The molecular weight excluding hydrogens is 417 g/mol. The van der Waals surface area contributed by atoms with Crippen LogP contribution in [0.4, 0.5) is 23.2 Å². The lowest BCUT2D eigenvalue weighted by atomic mass is 10.1. The summed E-state index contributed by atoms with van der Waals surface area (Å²) in [4.78, 5) is 12.9. The average molecular weight is 428 g/mol. The number of halogens is 6. The Hall–Kier alpha value is -1.48. The van der Waals surface area contributed by atoms with Crippen molar-refractivity contribution in [3.8, 4) is 0 Å². The van der Waals surface area contributed by atoms with E-state index in [4.69, 9.17) is 23.2 Å². The van der Waals surface area contributed by atoms with E-state index in [1.165, 1.54) is 48.2 Å². The van der Waals surface area contributed by atoms with E-state index in [-0.39, 0.29) is 15.7 Å². The molecule has 1 atom stereocenters. The molecule has 0 aliphatic heterocycles. The van der Waals surface area contributed by atoms with Gasteiger partial charge in [0.05, 0.1) is 15.7 Å². The van der Waals surface area contributed by atoms with Crippen LogP contribution in [0.2, 0.25) is 10.0 Å². The van der Waals surface area contributed by atoms with Crippen LogP contribution in [0.15, 0.2) is 46.2 Å². The Morgan fingerprint density at radius 3 is 2.12 bits per heavy atom. The Kier molecular flexibility index (Phi) is 6.12. The molecule has 140 valence electrons. The first-order valence-electron chi connectivity index (χ1n) is 6.95. The van der Waals surface area contributed by atoms with Crippen molar-refractivity contribution in [1.82, 2.24) is 0 Å². The summed E-state index contributed by atoms with van der Waals surface area (Å²) in [6, 6.07) is 8.29. The summed E-state index contributed by atoms with van der Waals surface area (Å²) in [7, 11) is 0. The lowest BCUT2D eigenvalue weighted by Crippen LogP contribution is -2.52. The second-order valence-corrected chi connectivity index (χ2v) is 7.31. The Bertz CT molecular complexity index is 843. The molecule has 0 aliphatic carbocycles. The zero-order valence-electron chi connectivity index (χ0n) is 13.0. The first-order valence-corrected chi connectivity index (χ1v) is 8.52. The number of carbonyl (C=O) groups excluding carboxylic acids is 1. The number of rotatable bonds is 4. The van der Waals surface area contributed by atoms with Gasteiger partial charge in [-0.15, -0.1) is 0 Å². The molecule has 0 saturated heterocycles. The predicted octanol–water partition coefficient (Wildman–Crippen LogP) is 5.54. The smallest absolute Gasteiger partial charge is 0.373 e. The number of hydrogen-bond acceptors (Lipinski definition) is 3. The van der Waals surface area contributed by atoms with E-state index >= 15 is 0 Å². The summed E-state index contributed by atoms with van der Waals surface area (Å²) in [5.74, 6) is -2.22. The van der Waals surface area contributed by atoms with Gasteiger partial charge >= 0.3 is 6.18 Å². The molecular formula is C16H11Cl2F4NO2S. The molecule has 0 saturated carbocycles. The highest BCUT2D eigenvalue weighted by molar-refractivity contribution is 7.99. The second kappa shape index (κ2) is 7.64. The number of anilines is 1. The van der Waals surface area contributed by atoms with Crippen molar-refractivity contribution >= 4 is 46.6 Å². The molecule has 0 heterocycles. The number of carbonyl (C=O) groups is 1. The van der Waals surface area contributed by atoms with Crippen LogP contribution in [-0.4, -0.2) is 22.8 Å². The van der Waals surface area contributed by atoms with Crippen LogP contribution >= 0.6 is 35.0 Å². The molecule has 2 rings (SSSR count). The van der Waals surface area contributed by atoms with E-state index in [2.05, 4.69) is 0 Å². The van der Waals surface area contributed by atoms with Crippen molar-refractivity contribution in [2.24, 2.45) is 0 Å². The highest BCUT2D eigenvalue weighted by Gasteiger charge is 2.55. The summed E-state index contributed by atoms with van der Waals surface area (Å²) in [6.45, 7) is 0.346. The molecule has 26 heavy (non-hydrogen) atoms. The fourth-order valence-corrected chi connectivity index (χ4v) is 3.15. The summed E-state index contributed by atoms with van der Waals surface area (Å²) >= 11 is 12.9. The molecule has 0 bridgehead atoms. The van der Waals surface area contributed by atoms with Gasteiger partial charge in [-0.05, 0) is 43.3 Å². The van der Waals surface area contributed by atoms with Gasteiger partial charge in [-0.2, -0.15) is 13.2 Å². The SMILES string of the molecule is CC(O)(C(=O)Nc1ccc(Sc2ccc(F)c(Cl)c2)cc1Cl)C(F)(F)F. The van der Waals surface area contributed by atoms with E-state index < -0.39 is 23.5 Å². The van der Waals surface area contributed by atoms with Crippen molar-refractivity contribution in [2.75, 3.05) is 5.32 Å². The fourth-order valence-electron chi connectivity index (χ4n) is 1.71. The van der Waals surface area contributed by atoms with E-state index in [1.807, 2.05) is 5.32 Å². The minimum Gasteiger partial charge on any atom is -0.373 e. The van der Waals surface area contributed by atoms with Crippen molar-refractivity contribution in [2.45, 2.75) is 28.5 Å². The molecule has 0 radical (unpaired) electrons. The Morgan fingerprint density at radius 1 is 1.08 bits per heavy atom. The van der Waals surface area contributed by atoms with Crippen molar-refractivity contribution in [3.05, 3.63) is 52.3 Å². The normalized spacial score (nSPS) is 14.0. The van der Waals surface area contributed by atoms with Gasteiger partial charge in [-0.25, -0.2) is 4.39 Å². The number of hydrogen-bond donors (Lipinski definition) is 2. The Balaban J connectivity index is 2.17. The second-order valence-electron chi connectivity index (χ2n) is 5.34. The standard InChI is InChI=1S/C16H11Cl2F4NO2S/c1-15(25,16(20,21)22)14(24)23-13-5-3-9(7-11(13)18)26-8-2-4-12(19)10(17)6-8/h2-7,25H,1H3,(H,23,24). The number of amides is 1. The van der Waals surface area contributed by atoms with Crippen LogP contribution in [-0.2, 0) is 4.79 Å². The maximum Gasteiger partial charge on any atom is 0.426 e. The number of benzene rings is 2. The Labute approximate surface area is 160 Å². The van der Waals surface area contributed by atoms with Gasteiger partial charge in [0, 0.05) is 9.79 Å². The van der Waals surface area contributed by atoms with Crippen LogP contribution in [0, 0.1) is 5.82 Å². The van der Waals surface area contributed by atoms with Crippen molar-refractivity contribution < 1.29 is 27.5 Å². The third-order valence-corrected chi connectivity index (χ3v) is 4.89. The van der Waals surface area contributed by atoms with Crippen molar-refractivity contribution in [1.29, 1.82) is 0 Å². The molecule has 1 unspecified atom stereocenters. The van der Waals surface area contributed by atoms with Gasteiger partial charge in [0.25, 0.3) is 5.91 Å². The molecule has 10 heteroatoms. The van der Waals surface area contributed by atoms with Gasteiger partial charge in [0.1, 0.15) is 5.82 Å². The predicted molar refractivity (Wildman–Crippen MR) is 92.3 cm³/mol. The van der Waals surface area contributed by atoms with Gasteiger partial charge in [0.15, 0.2) is 0 Å². The van der Waals surface area contributed by atoms with Crippen LogP contribution in [0.3, 0.4) is 0 Å². The fraction of sp³-hybridized carbons (Fsp3) is 0.188. The molecule has 2 aromatic rings. The molecule has 1 amide bonds. The molecule has 0 spiro atoms. The summed E-state index contributed by atoms with van der Waals surface area (Å²) < 4.78 is 51.2. The minimum atomic E-state index is -5.14. The zero-order chi connectivity index (χ0) is 19.7. The maximum atomic E-state index is 13.2. The molecule has 3 nitrogen and oxygen atoms in total. The zero-order valence-corrected chi connectivity index (χ0v) is 15.3. The molecule has 0 fully saturated rings. The number of alkyl halides is 3.